The summed E-state index contributed by atoms with van der Waals surface area (Å²) in [6.45, 7) is 0.861. The van der Waals surface area contributed by atoms with Crippen molar-refractivity contribution in [3.63, 3.8) is 0 Å². The number of hydrogen-bond acceptors (Lipinski definition) is 5. The molecule has 2 atom stereocenters. The maximum Gasteiger partial charge on any atom is 0.0812 e. The fourth-order valence-electron chi connectivity index (χ4n) is 2.26. The van der Waals surface area contributed by atoms with E-state index in [1.807, 2.05) is 24.3 Å². The molecular formula is C18H24N2O3. The van der Waals surface area contributed by atoms with Crippen molar-refractivity contribution in [3.05, 3.63) is 59.7 Å². The maximum atomic E-state index is 10.0. The molecule has 0 bridgehead atoms. The second kappa shape index (κ2) is 8.53. The molecule has 0 saturated heterocycles. The highest BCUT2D eigenvalue weighted by molar-refractivity contribution is 5.40. The summed E-state index contributed by atoms with van der Waals surface area (Å²) in [5, 5.41) is 20.1. The average Bonchev–Trinajstić information content (AvgIpc) is 2.55. The van der Waals surface area contributed by atoms with Crippen LogP contribution in [0.15, 0.2) is 48.5 Å². The lowest BCUT2D eigenvalue weighted by molar-refractivity contribution is 0.0570. The van der Waals surface area contributed by atoms with Crippen molar-refractivity contribution in [2.75, 3.05) is 24.7 Å². The van der Waals surface area contributed by atoms with E-state index >= 15 is 0 Å². The molecular weight excluding hydrogens is 292 g/mol. The van der Waals surface area contributed by atoms with Crippen LogP contribution in [0.3, 0.4) is 0 Å². The van der Waals surface area contributed by atoms with Crippen molar-refractivity contribution in [2.45, 2.75) is 25.0 Å². The van der Waals surface area contributed by atoms with E-state index in [-0.39, 0.29) is 0 Å². The molecule has 0 spiro atoms. The van der Waals surface area contributed by atoms with Gasteiger partial charge in [0.25, 0.3) is 0 Å². The van der Waals surface area contributed by atoms with Gasteiger partial charge in [-0.25, -0.2) is 0 Å². The molecule has 2 aromatic carbocycles. The number of aliphatic hydroxyl groups excluding tert-OH is 2. The molecule has 0 saturated carbocycles. The standard InChI is InChI=1S/C18H24N2O3/c19-15-5-1-13(2-6-15)17(21)9-11-23-12-10-18(22)14-3-7-16(20)8-4-14/h1-8,17-18,21-22H,9-12,19-20H2. The Bertz CT molecular complexity index is 531. The number of benzene rings is 2. The second-order valence-corrected chi connectivity index (χ2v) is 5.55. The fourth-order valence-corrected chi connectivity index (χ4v) is 2.26. The summed E-state index contributed by atoms with van der Waals surface area (Å²) in [5.41, 5.74) is 14.2. The molecule has 5 nitrogen and oxygen atoms in total. The largest absolute Gasteiger partial charge is 0.399 e. The van der Waals surface area contributed by atoms with Crippen LogP contribution >= 0.6 is 0 Å². The molecule has 2 unspecified atom stereocenters. The molecule has 5 heteroatoms. The number of aliphatic hydroxyl groups is 2. The summed E-state index contributed by atoms with van der Waals surface area (Å²) < 4.78 is 5.50. The Morgan fingerprint density at radius 2 is 1.04 bits per heavy atom. The van der Waals surface area contributed by atoms with Gasteiger partial charge < -0.3 is 26.4 Å². The fraction of sp³-hybridized carbons (Fsp3) is 0.333. The van der Waals surface area contributed by atoms with Gasteiger partial charge in [0.2, 0.25) is 0 Å². The van der Waals surface area contributed by atoms with E-state index in [9.17, 15) is 10.2 Å². The van der Waals surface area contributed by atoms with Crippen molar-refractivity contribution < 1.29 is 14.9 Å². The van der Waals surface area contributed by atoms with E-state index in [1.165, 1.54) is 0 Å². The highest BCUT2D eigenvalue weighted by Crippen LogP contribution is 2.19. The van der Waals surface area contributed by atoms with Gasteiger partial charge in [-0.2, -0.15) is 0 Å². The van der Waals surface area contributed by atoms with Crippen LogP contribution in [0.5, 0.6) is 0 Å². The second-order valence-electron chi connectivity index (χ2n) is 5.55. The van der Waals surface area contributed by atoms with E-state index in [1.54, 1.807) is 24.3 Å². The number of nitrogens with two attached hydrogens (primary N) is 2. The van der Waals surface area contributed by atoms with E-state index in [4.69, 9.17) is 16.2 Å². The van der Waals surface area contributed by atoms with Crippen LogP contribution in [0.4, 0.5) is 11.4 Å². The lowest BCUT2D eigenvalue weighted by atomic mass is 10.1. The zero-order chi connectivity index (χ0) is 16.7. The first-order valence-corrected chi connectivity index (χ1v) is 7.71. The molecule has 0 heterocycles. The molecule has 0 aliphatic rings. The molecule has 0 amide bonds. The Labute approximate surface area is 136 Å². The summed E-state index contributed by atoms with van der Waals surface area (Å²) in [5.74, 6) is 0. The van der Waals surface area contributed by atoms with Crippen molar-refractivity contribution in [2.24, 2.45) is 0 Å². The summed E-state index contributed by atoms with van der Waals surface area (Å²) in [6, 6.07) is 14.3. The quantitative estimate of drug-likeness (QED) is 0.442. The van der Waals surface area contributed by atoms with Crippen molar-refractivity contribution in [1.82, 2.24) is 0 Å². The topological polar surface area (TPSA) is 102 Å². The van der Waals surface area contributed by atoms with E-state index in [0.717, 1.165) is 11.1 Å². The third kappa shape index (κ3) is 5.56. The molecule has 0 aliphatic heterocycles. The summed E-state index contributed by atoms with van der Waals surface area (Å²) in [7, 11) is 0. The predicted molar refractivity (Wildman–Crippen MR) is 91.7 cm³/mol. The molecule has 0 radical (unpaired) electrons. The van der Waals surface area contributed by atoms with Gasteiger partial charge in [0.1, 0.15) is 0 Å². The highest BCUT2D eigenvalue weighted by Gasteiger charge is 2.09. The Hall–Kier alpha value is -2.08. The third-order valence-electron chi connectivity index (χ3n) is 3.71. The highest BCUT2D eigenvalue weighted by atomic mass is 16.5. The van der Waals surface area contributed by atoms with Crippen LogP contribution in [-0.2, 0) is 4.74 Å². The number of anilines is 2. The molecule has 6 N–H and O–H groups in total. The van der Waals surface area contributed by atoms with E-state index < -0.39 is 12.2 Å². The van der Waals surface area contributed by atoms with Gasteiger partial charge in [-0.3, -0.25) is 0 Å². The SMILES string of the molecule is Nc1ccc(C(O)CCOCCC(O)c2ccc(N)cc2)cc1. The third-order valence-corrected chi connectivity index (χ3v) is 3.71. The van der Waals surface area contributed by atoms with Crippen LogP contribution in [0.25, 0.3) is 0 Å². The van der Waals surface area contributed by atoms with Crippen LogP contribution in [0.2, 0.25) is 0 Å². The van der Waals surface area contributed by atoms with Gasteiger partial charge in [-0.15, -0.1) is 0 Å². The van der Waals surface area contributed by atoms with Gasteiger partial charge in [-0.1, -0.05) is 24.3 Å². The summed E-state index contributed by atoms with van der Waals surface area (Å²) in [6.07, 6.45) is -0.140. The zero-order valence-corrected chi connectivity index (χ0v) is 13.1. The summed E-state index contributed by atoms with van der Waals surface area (Å²) in [4.78, 5) is 0. The Balaban J connectivity index is 1.65. The number of rotatable bonds is 8. The Morgan fingerprint density at radius 1 is 0.696 bits per heavy atom. The smallest absolute Gasteiger partial charge is 0.0812 e. The lowest BCUT2D eigenvalue weighted by Crippen LogP contribution is -2.07. The van der Waals surface area contributed by atoms with Crippen LogP contribution in [0, 0.1) is 0 Å². The molecule has 0 aliphatic carbocycles. The van der Waals surface area contributed by atoms with Gasteiger partial charge >= 0.3 is 0 Å². The number of hydrogen-bond donors (Lipinski definition) is 4. The van der Waals surface area contributed by atoms with E-state index in [0.29, 0.717) is 37.4 Å². The van der Waals surface area contributed by atoms with Crippen LogP contribution in [0.1, 0.15) is 36.2 Å². The normalized spacial score (nSPS) is 13.7. The van der Waals surface area contributed by atoms with E-state index in [2.05, 4.69) is 0 Å². The lowest BCUT2D eigenvalue weighted by Gasteiger charge is -2.13. The van der Waals surface area contributed by atoms with Crippen LogP contribution in [-0.4, -0.2) is 23.4 Å². The van der Waals surface area contributed by atoms with Gasteiger partial charge in [0.05, 0.1) is 12.2 Å². The molecule has 2 rings (SSSR count). The van der Waals surface area contributed by atoms with Gasteiger partial charge in [-0.05, 0) is 35.4 Å². The molecule has 124 valence electrons. The zero-order valence-electron chi connectivity index (χ0n) is 13.1. The molecule has 0 fully saturated rings. The first-order chi connectivity index (χ1) is 11.1. The van der Waals surface area contributed by atoms with Crippen molar-refractivity contribution in [3.8, 4) is 0 Å². The minimum atomic E-state index is -0.572. The summed E-state index contributed by atoms with van der Waals surface area (Å²) >= 11 is 0. The molecule has 0 aromatic heterocycles. The van der Waals surface area contributed by atoms with Gasteiger partial charge in [0, 0.05) is 37.4 Å². The molecule has 2 aromatic rings. The predicted octanol–water partition coefficient (Wildman–Crippen LogP) is 2.41. The monoisotopic (exact) mass is 316 g/mol. The number of nitrogen functional groups attached to an aromatic ring is 2. The minimum absolute atomic E-state index is 0.431. The maximum absolute atomic E-state index is 10.0. The minimum Gasteiger partial charge on any atom is -0.399 e. The first kappa shape index (κ1) is 17.3. The number of ether oxygens (including phenoxy) is 1. The van der Waals surface area contributed by atoms with Crippen molar-refractivity contribution >= 4 is 11.4 Å². The van der Waals surface area contributed by atoms with Gasteiger partial charge in [0.15, 0.2) is 0 Å². The Kier molecular flexibility index (Phi) is 6.40. The Morgan fingerprint density at radius 3 is 1.39 bits per heavy atom. The van der Waals surface area contributed by atoms with Crippen molar-refractivity contribution in [1.29, 1.82) is 0 Å². The first-order valence-electron chi connectivity index (χ1n) is 7.71. The molecule has 23 heavy (non-hydrogen) atoms. The van der Waals surface area contributed by atoms with Crippen LogP contribution < -0.4 is 11.5 Å². The average molecular weight is 316 g/mol.